The molecule has 1 aliphatic rings. The van der Waals surface area contributed by atoms with Crippen LogP contribution in [0.2, 0.25) is 5.02 Å². The van der Waals surface area contributed by atoms with E-state index in [9.17, 15) is 4.39 Å². The Morgan fingerprint density at radius 3 is 2.89 bits per heavy atom. The van der Waals surface area contributed by atoms with Gasteiger partial charge in [0.05, 0.1) is 12.6 Å². The van der Waals surface area contributed by atoms with Crippen molar-refractivity contribution in [1.82, 2.24) is 0 Å². The average Bonchev–Trinajstić information content (AvgIpc) is 2.88. The van der Waals surface area contributed by atoms with Gasteiger partial charge in [-0.05, 0) is 35.4 Å². The fourth-order valence-electron chi connectivity index (χ4n) is 2.33. The molecule has 2 nitrogen and oxygen atoms in total. The molecule has 0 aliphatic carbocycles. The molecule has 0 amide bonds. The molecule has 2 aromatic carbocycles. The van der Waals surface area contributed by atoms with Gasteiger partial charge in [-0.1, -0.05) is 23.7 Å². The number of halogens is 2. The molecular formula is C15H13ClFNO. The van der Waals surface area contributed by atoms with E-state index in [0.717, 1.165) is 23.3 Å². The Labute approximate surface area is 115 Å². The van der Waals surface area contributed by atoms with Crippen molar-refractivity contribution < 1.29 is 9.13 Å². The normalized spacial score (nSPS) is 14.9. The van der Waals surface area contributed by atoms with Crippen molar-refractivity contribution >= 4 is 11.6 Å². The predicted octanol–water partition coefficient (Wildman–Crippen LogP) is 3.46. The van der Waals surface area contributed by atoms with Crippen molar-refractivity contribution in [1.29, 1.82) is 0 Å². The van der Waals surface area contributed by atoms with Crippen LogP contribution in [0.3, 0.4) is 0 Å². The van der Waals surface area contributed by atoms with Gasteiger partial charge in [0, 0.05) is 17.0 Å². The fraction of sp³-hybridized carbons (Fsp3) is 0.200. The van der Waals surface area contributed by atoms with Gasteiger partial charge >= 0.3 is 0 Å². The van der Waals surface area contributed by atoms with Gasteiger partial charge in [0.25, 0.3) is 0 Å². The minimum atomic E-state index is -0.524. The van der Waals surface area contributed by atoms with E-state index in [1.807, 2.05) is 18.2 Å². The maximum absolute atomic E-state index is 13.8. The maximum Gasteiger partial charge on any atom is 0.128 e. The van der Waals surface area contributed by atoms with Gasteiger partial charge in [-0.3, -0.25) is 0 Å². The number of hydrogen-bond donors (Lipinski definition) is 1. The molecule has 1 heterocycles. The van der Waals surface area contributed by atoms with Crippen LogP contribution in [0.1, 0.15) is 22.7 Å². The van der Waals surface area contributed by atoms with Gasteiger partial charge in [0.15, 0.2) is 0 Å². The van der Waals surface area contributed by atoms with Crippen molar-refractivity contribution in [2.24, 2.45) is 5.73 Å². The average molecular weight is 278 g/mol. The van der Waals surface area contributed by atoms with Crippen LogP contribution >= 0.6 is 11.6 Å². The first kappa shape index (κ1) is 12.5. The zero-order chi connectivity index (χ0) is 13.4. The molecule has 0 bridgehead atoms. The number of fused-ring (bicyclic) bond motifs is 1. The second kappa shape index (κ2) is 4.83. The number of rotatable bonds is 2. The number of hydrogen-bond acceptors (Lipinski definition) is 2. The number of nitrogens with two attached hydrogens (primary N) is 1. The lowest BCUT2D eigenvalue weighted by atomic mass is 9.97. The highest BCUT2D eigenvalue weighted by Gasteiger charge is 2.18. The first-order chi connectivity index (χ1) is 9.15. The van der Waals surface area contributed by atoms with Gasteiger partial charge in [-0.2, -0.15) is 0 Å². The molecule has 0 fully saturated rings. The molecule has 0 radical (unpaired) electrons. The highest BCUT2D eigenvalue weighted by Crippen LogP contribution is 2.31. The topological polar surface area (TPSA) is 35.2 Å². The Balaban J connectivity index is 1.99. The molecule has 4 heteroatoms. The largest absolute Gasteiger partial charge is 0.493 e. The van der Waals surface area contributed by atoms with Gasteiger partial charge in [0.1, 0.15) is 11.6 Å². The van der Waals surface area contributed by atoms with Crippen LogP contribution in [0.5, 0.6) is 5.75 Å². The first-order valence-electron chi connectivity index (χ1n) is 6.11. The minimum absolute atomic E-state index is 0.339. The molecule has 0 aromatic heterocycles. The highest BCUT2D eigenvalue weighted by molar-refractivity contribution is 6.30. The van der Waals surface area contributed by atoms with Gasteiger partial charge in [0.2, 0.25) is 0 Å². The zero-order valence-electron chi connectivity index (χ0n) is 10.2. The van der Waals surface area contributed by atoms with E-state index in [-0.39, 0.29) is 5.82 Å². The van der Waals surface area contributed by atoms with Crippen LogP contribution < -0.4 is 10.5 Å². The monoisotopic (exact) mass is 277 g/mol. The number of ether oxygens (including phenoxy) is 1. The van der Waals surface area contributed by atoms with Gasteiger partial charge in [-0.25, -0.2) is 4.39 Å². The van der Waals surface area contributed by atoms with Crippen molar-refractivity contribution in [2.45, 2.75) is 12.5 Å². The molecule has 19 heavy (non-hydrogen) atoms. The summed E-state index contributed by atoms with van der Waals surface area (Å²) >= 11 is 5.90. The lowest BCUT2D eigenvalue weighted by molar-refractivity contribution is 0.357. The molecule has 1 atom stereocenters. The molecule has 1 aliphatic heterocycles. The van der Waals surface area contributed by atoms with E-state index in [4.69, 9.17) is 22.1 Å². The van der Waals surface area contributed by atoms with Crippen LogP contribution in [-0.2, 0) is 6.42 Å². The summed E-state index contributed by atoms with van der Waals surface area (Å²) in [5.41, 5.74) is 8.54. The Morgan fingerprint density at radius 2 is 2.05 bits per heavy atom. The SMILES string of the molecule is NC(c1ccc2c(c1)CCO2)c1cc(Cl)ccc1F. The fourth-order valence-corrected chi connectivity index (χ4v) is 2.51. The second-order valence-electron chi connectivity index (χ2n) is 4.61. The van der Waals surface area contributed by atoms with Crippen molar-refractivity contribution in [3.8, 4) is 5.75 Å². The van der Waals surface area contributed by atoms with Crippen LogP contribution in [0.25, 0.3) is 0 Å². The van der Waals surface area contributed by atoms with Gasteiger partial charge < -0.3 is 10.5 Å². The maximum atomic E-state index is 13.8. The van der Waals surface area contributed by atoms with Crippen molar-refractivity contribution in [2.75, 3.05) is 6.61 Å². The predicted molar refractivity (Wildman–Crippen MR) is 73.1 cm³/mol. The quantitative estimate of drug-likeness (QED) is 0.912. The molecule has 0 saturated heterocycles. The summed E-state index contributed by atoms with van der Waals surface area (Å²) in [6.45, 7) is 0.694. The Kier molecular flexibility index (Phi) is 3.17. The third-order valence-corrected chi connectivity index (χ3v) is 3.60. The third kappa shape index (κ3) is 2.31. The summed E-state index contributed by atoms with van der Waals surface area (Å²) in [5, 5.41) is 0.483. The van der Waals surface area contributed by atoms with E-state index in [0.29, 0.717) is 17.2 Å². The van der Waals surface area contributed by atoms with E-state index in [2.05, 4.69) is 0 Å². The van der Waals surface area contributed by atoms with Crippen LogP contribution in [0.15, 0.2) is 36.4 Å². The van der Waals surface area contributed by atoms with Crippen LogP contribution in [-0.4, -0.2) is 6.61 Å². The summed E-state index contributed by atoms with van der Waals surface area (Å²) < 4.78 is 19.3. The van der Waals surface area contributed by atoms with Gasteiger partial charge in [-0.15, -0.1) is 0 Å². The number of benzene rings is 2. The summed E-state index contributed by atoms with van der Waals surface area (Å²) in [6.07, 6.45) is 0.869. The van der Waals surface area contributed by atoms with E-state index in [1.54, 1.807) is 6.07 Å². The summed E-state index contributed by atoms with van der Waals surface area (Å²) in [5.74, 6) is 0.552. The van der Waals surface area contributed by atoms with E-state index < -0.39 is 6.04 Å². The standard InChI is InChI=1S/C15H13ClFNO/c16-11-2-3-13(17)12(8-11)15(18)10-1-4-14-9(7-10)5-6-19-14/h1-4,7-8,15H,5-6,18H2. The molecule has 3 rings (SSSR count). The summed E-state index contributed by atoms with van der Waals surface area (Å²) in [7, 11) is 0. The second-order valence-corrected chi connectivity index (χ2v) is 5.05. The Hall–Kier alpha value is -1.58. The third-order valence-electron chi connectivity index (χ3n) is 3.37. The lowest BCUT2D eigenvalue weighted by Crippen LogP contribution is -2.13. The molecule has 2 aromatic rings. The smallest absolute Gasteiger partial charge is 0.128 e. The van der Waals surface area contributed by atoms with Crippen LogP contribution in [0.4, 0.5) is 4.39 Å². The van der Waals surface area contributed by atoms with Crippen LogP contribution in [0, 0.1) is 5.82 Å². The molecule has 0 spiro atoms. The summed E-state index contributed by atoms with van der Waals surface area (Å²) in [4.78, 5) is 0. The molecular weight excluding hydrogens is 265 g/mol. The van der Waals surface area contributed by atoms with Crippen molar-refractivity contribution in [3.63, 3.8) is 0 Å². The lowest BCUT2D eigenvalue weighted by Gasteiger charge is -2.14. The molecule has 98 valence electrons. The van der Waals surface area contributed by atoms with E-state index in [1.165, 1.54) is 12.1 Å². The molecule has 2 N–H and O–H groups in total. The summed E-state index contributed by atoms with van der Waals surface area (Å²) in [6, 6.07) is 9.65. The van der Waals surface area contributed by atoms with Crippen molar-refractivity contribution in [3.05, 3.63) is 63.9 Å². The minimum Gasteiger partial charge on any atom is -0.493 e. The Morgan fingerprint density at radius 1 is 1.21 bits per heavy atom. The first-order valence-corrected chi connectivity index (χ1v) is 6.49. The van der Waals surface area contributed by atoms with E-state index >= 15 is 0 Å². The Bertz CT molecular complexity index is 630. The molecule has 0 saturated carbocycles. The highest BCUT2D eigenvalue weighted by atomic mass is 35.5. The zero-order valence-corrected chi connectivity index (χ0v) is 11.0. The molecule has 1 unspecified atom stereocenters.